The number of carbonyl (C=O) groups excluding carboxylic acids is 1. The molecule has 2 heterocycles. The maximum Gasteiger partial charge on any atom is 0.265 e. The first-order valence-electron chi connectivity index (χ1n) is 7.73. The Morgan fingerprint density at radius 3 is 2.82 bits per heavy atom. The van der Waals surface area contributed by atoms with Crippen LogP contribution < -0.4 is 0 Å². The summed E-state index contributed by atoms with van der Waals surface area (Å²) in [6.45, 7) is 4.85. The predicted octanol–water partition coefficient (Wildman–Crippen LogP) is 3.50. The molecule has 22 heavy (non-hydrogen) atoms. The third kappa shape index (κ3) is 4.37. The van der Waals surface area contributed by atoms with Gasteiger partial charge in [0.05, 0.1) is 10.7 Å². The second-order valence-electron chi connectivity index (χ2n) is 5.42. The molecule has 0 aliphatic rings. The van der Waals surface area contributed by atoms with E-state index in [1.807, 2.05) is 32.2 Å². The smallest absolute Gasteiger partial charge is 0.265 e. The molecular weight excluding hydrogens is 294 g/mol. The number of unbranched alkanes of at least 4 members (excludes halogenated alkanes) is 1. The van der Waals surface area contributed by atoms with Crippen LogP contribution in [0, 0.1) is 6.92 Å². The van der Waals surface area contributed by atoms with Gasteiger partial charge in [0.1, 0.15) is 4.88 Å². The number of amides is 1. The second kappa shape index (κ2) is 8.03. The number of hydrogen-bond acceptors (Lipinski definition) is 4. The van der Waals surface area contributed by atoms with Gasteiger partial charge < -0.3 is 4.90 Å². The van der Waals surface area contributed by atoms with E-state index >= 15 is 0 Å². The van der Waals surface area contributed by atoms with Crippen molar-refractivity contribution in [3.8, 4) is 0 Å². The first kappa shape index (κ1) is 16.6. The van der Waals surface area contributed by atoms with Crippen LogP contribution in [0.2, 0.25) is 0 Å². The topological polar surface area (TPSA) is 46.1 Å². The summed E-state index contributed by atoms with van der Waals surface area (Å²) in [6.07, 6.45) is 5.61. The Hall–Kier alpha value is -1.75. The highest BCUT2D eigenvalue weighted by Gasteiger charge is 2.18. The fraction of sp³-hybridized carbons (Fsp3) is 0.471. The standard InChI is InChI=1S/C17H23N3OS/c1-4-5-12-20(3)17(21)16-13(2)19-15(22-16)10-9-14-8-6-7-11-18-14/h6-8,11H,4-5,9-10,12H2,1-3H3. The molecule has 0 aliphatic heterocycles. The number of thiazole rings is 1. The van der Waals surface area contributed by atoms with Crippen LogP contribution in [0.5, 0.6) is 0 Å². The average molecular weight is 317 g/mol. The molecule has 2 aromatic rings. The SMILES string of the molecule is CCCCN(C)C(=O)c1sc(CCc2ccccn2)nc1C. The first-order chi connectivity index (χ1) is 10.6. The third-order valence-electron chi connectivity index (χ3n) is 3.55. The number of nitrogens with zero attached hydrogens (tertiary/aromatic N) is 3. The normalized spacial score (nSPS) is 10.7. The molecule has 0 atom stereocenters. The molecule has 0 radical (unpaired) electrons. The molecule has 0 unspecified atom stereocenters. The minimum absolute atomic E-state index is 0.0903. The molecule has 118 valence electrons. The van der Waals surface area contributed by atoms with Crippen LogP contribution in [-0.2, 0) is 12.8 Å². The molecule has 0 bridgehead atoms. The fourth-order valence-electron chi connectivity index (χ4n) is 2.21. The number of carbonyl (C=O) groups is 1. The summed E-state index contributed by atoms with van der Waals surface area (Å²) in [5.41, 5.74) is 1.90. The maximum absolute atomic E-state index is 12.4. The van der Waals surface area contributed by atoms with Gasteiger partial charge in [-0.1, -0.05) is 19.4 Å². The highest BCUT2D eigenvalue weighted by atomic mass is 32.1. The lowest BCUT2D eigenvalue weighted by atomic mass is 10.2. The minimum atomic E-state index is 0.0903. The van der Waals surface area contributed by atoms with Crippen LogP contribution in [0.1, 0.15) is 45.8 Å². The van der Waals surface area contributed by atoms with Crippen molar-refractivity contribution < 1.29 is 4.79 Å². The van der Waals surface area contributed by atoms with Crippen LogP contribution in [-0.4, -0.2) is 34.4 Å². The fourth-order valence-corrected chi connectivity index (χ4v) is 3.27. The third-order valence-corrected chi connectivity index (χ3v) is 4.76. The van der Waals surface area contributed by atoms with Crippen LogP contribution in [0.3, 0.4) is 0 Å². The summed E-state index contributed by atoms with van der Waals surface area (Å²) in [6, 6.07) is 5.93. The van der Waals surface area contributed by atoms with E-state index < -0.39 is 0 Å². The van der Waals surface area contributed by atoms with Crippen LogP contribution >= 0.6 is 11.3 Å². The van der Waals surface area contributed by atoms with Gasteiger partial charge in [-0.2, -0.15) is 0 Å². The van der Waals surface area contributed by atoms with E-state index in [-0.39, 0.29) is 5.91 Å². The summed E-state index contributed by atoms with van der Waals surface area (Å²) >= 11 is 1.52. The van der Waals surface area contributed by atoms with Crippen molar-refractivity contribution in [2.75, 3.05) is 13.6 Å². The van der Waals surface area contributed by atoms with Crippen molar-refractivity contribution >= 4 is 17.2 Å². The van der Waals surface area contributed by atoms with E-state index in [0.29, 0.717) is 0 Å². The molecule has 0 saturated heterocycles. The molecular formula is C17H23N3OS. The zero-order chi connectivity index (χ0) is 15.9. The molecule has 0 N–H and O–H groups in total. The number of pyridine rings is 1. The lowest BCUT2D eigenvalue weighted by Crippen LogP contribution is -2.27. The number of rotatable bonds is 7. The number of aromatic nitrogens is 2. The summed E-state index contributed by atoms with van der Waals surface area (Å²) < 4.78 is 0. The molecule has 4 nitrogen and oxygen atoms in total. The Kier molecular flexibility index (Phi) is 6.07. The predicted molar refractivity (Wildman–Crippen MR) is 90.4 cm³/mol. The highest BCUT2D eigenvalue weighted by Crippen LogP contribution is 2.21. The Labute approximate surface area is 136 Å². The monoisotopic (exact) mass is 317 g/mol. The summed E-state index contributed by atoms with van der Waals surface area (Å²) in [5.74, 6) is 0.0903. The van der Waals surface area contributed by atoms with E-state index in [2.05, 4.69) is 16.9 Å². The van der Waals surface area contributed by atoms with Crippen molar-refractivity contribution in [3.63, 3.8) is 0 Å². The molecule has 0 saturated carbocycles. The summed E-state index contributed by atoms with van der Waals surface area (Å²) in [7, 11) is 1.87. The summed E-state index contributed by atoms with van der Waals surface area (Å²) in [5, 5.41) is 1.01. The van der Waals surface area contributed by atoms with Gasteiger partial charge in [-0.05, 0) is 31.9 Å². The number of aryl methyl sites for hydroxylation is 3. The van der Waals surface area contributed by atoms with Gasteiger partial charge in [0, 0.05) is 31.9 Å². The van der Waals surface area contributed by atoms with Crippen molar-refractivity contribution in [1.29, 1.82) is 0 Å². The average Bonchev–Trinajstić information content (AvgIpc) is 2.91. The van der Waals surface area contributed by atoms with Crippen LogP contribution in [0.15, 0.2) is 24.4 Å². The largest absolute Gasteiger partial charge is 0.341 e. The van der Waals surface area contributed by atoms with Gasteiger partial charge in [0.15, 0.2) is 0 Å². The van der Waals surface area contributed by atoms with Crippen molar-refractivity contribution in [1.82, 2.24) is 14.9 Å². The zero-order valence-corrected chi connectivity index (χ0v) is 14.3. The lowest BCUT2D eigenvalue weighted by molar-refractivity contribution is 0.0797. The number of hydrogen-bond donors (Lipinski definition) is 0. The molecule has 0 spiro atoms. The molecule has 0 fully saturated rings. The zero-order valence-electron chi connectivity index (χ0n) is 13.5. The molecule has 2 aromatic heterocycles. The van der Waals surface area contributed by atoms with E-state index in [1.54, 1.807) is 11.1 Å². The minimum Gasteiger partial charge on any atom is -0.341 e. The Balaban J connectivity index is 2.00. The molecule has 0 aromatic carbocycles. The second-order valence-corrected chi connectivity index (χ2v) is 6.51. The maximum atomic E-state index is 12.4. The van der Waals surface area contributed by atoms with Crippen LogP contribution in [0.25, 0.3) is 0 Å². The van der Waals surface area contributed by atoms with E-state index in [0.717, 1.165) is 53.5 Å². The van der Waals surface area contributed by atoms with Gasteiger partial charge in [-0.25, -0.2) is 4.98 Å². The summed E-state index contributed by atoms with van der Waals surface area (Å²) in [4.78, 5) is 23.9. The van der Waals surface area contributed by atoms with E-state index in [1.165, 1.54) is 11.3 Å². The van der Waals surface area contributed by atoms with Crippen molar-refractivity contribution in [2.24, 2.45) is 0 Å². The Morgan fingerprint density at radius 1 is 1.32 bits per heavy atom. The van der Waals surface area contributed by atoms with Gasteiger partial charge in [0.2, 0.25) is 0 Å². The highest BCUT2D eigenvalue weighted by molar-refractivity contribution is 7.13. The quantitative estimate of drug-likeness (QED) is 0.785. The van der Waals surface area contributed by atoms with E-state index in [9.17, 15) is 4.79 Å². The van der Waals surface area contributed by atoms with Gasteiger partial charge in [0.25, 0.3) is 5.91 Å². The molecule has 0 aliphatic carbocycles. The van der Waals surface area contributed by atoms with E-state index in [4.69, 9.17) is 0 Å². The van der Waals surface area contributed by atoms with Crippen molar-refractivity contribution in [2.45, 2.75) is 39.5 Å². The molecule has 1 amide bonds. The van der Waals surface area contributed by atoms with Crippen LogP contribution in [0.4, 0.5) is 0 Å². The van der Waals surface area contributed by atoms with Gasteiger partial charge in [-0.3, -0.25) is 9.78 Å². The Bertz CT molecular complexity index is 610. The molecule has 5 heteroatoms. The first-order valence-corrected chi connectivity index (χ1v) is 8.55. The Morgan fingerprint density at radius 2 is 2.14 bits per heavy atom. The molecule has 2 rings (SSSR count). The van der Waals surface area contributed by atoms with Gasteiger partial charge in [-0.15, -0.1) is 11.3 Å². The van der Waals surface area contributed by atoms with Gasteiger partial charge >= 0.3 is 0 Å². The lowest BCUT2D eigenvalue weighted by Gasteiger charge is -2.15. The van der Waals surface area contributed by atoms with Crippen molar-refractivity contribution in [3.05, 3.63) is 45.7 Å².